The molecule has 3 aliphatic heterocycles. The Morgan fingerprint density at radius 3 is 2.46 bits per heavy atom. The van der Waals surface area contributed by atoms with Gasteiger partial charge >= 0.3 is 5.97 Å². The van der Waals surface area contributed by atoms with Crippen LogP contribution in [0.15, 0.2) is 42.5 Å². The van der Waals surface area contributed by atoms with Gasteiger partial charge in [-0.3, -0.25) is 4.79 Å². The molecule has 6 nitrogen and oxygen atoms in total. The van der Waals surface area contributed by atoms with Gasteiger partial charge in [0.25, 0.3) is 0 Å². The van der Waals surface area contributed by atoms with Gasteiger partial charge in [0.15, 0.2) is 12.6 Å². The predicted octanol–water partition coefficient (Wildman–Crippen LogP) is 6.90. The zero-order valence-electron chi connectivity index (χ0n) is 23.6. The molecule has 3 heterocycles. The summed E-state index contributed by atoms with van der Waals surface area (Å²) in [5.41, 5.74) is 1.34. The predicted molar refractivity (Wildman–Crippen MR) is 150 cm³/mol. The molecule has 4 aliphatic rings. The van der Waals surface area contributed by atoms with E-state index in [2.05, 4.69) is 42.5 Å². The SMILES string of the molecule is O=C1CCCC=CC[C@@H]2[C@@H](CC[C@H](CCc3ccccc3)OC3CCCCO3)[C@H](OC3CCCCO3)C[C@@H]2O1. The van der Waals surface area contributed by atoms with Gasteiger partial charge in [0.1, 0.15) is 6.10 Å². The van der Waals surface area contributed by atoms with Gasteiger partial charge in [0, 0.05) is 32.0 Å². The first kappa shape index (κ1) is 28.8. The molecule has 39 heavy (non-hydrogen) atoms. The number of carbonyl (C=O) groups is 1. The first-order chi connectivity index (χ1) is 19.2. The van der Waals surface area contributed by atoms with Crippen molar-refractivity contribution in [1.29, 1.82) is 0 Å². The number of rotatable bonds is 10. The lowest BCUT2D eigenvalue weighted by Gasteiger charge is -2.32. The summed E-state index contributed by atoms with van der Waals surface area (Å²) in [5, 5.41) is 0. The highest BCUT2D eigenvalue weighted by Gasteiger charge is 2.46. The molecule has 1 aromatic rings. The minimum absolute atomic E-state index is 0.0331. The first-order valence-electron chi connectivity index (χ1n) is 15.7. The maximum absolute atomic E-state index is 12.6. The largest absolute Gasteiger partial charge is 0.462 e. The smallest absolute Gasteiger partial charge is 0.306 e. The van der Waals surface area contributed by atoms with Crippen molar-refractivity contribution in [2.45, 2.75) is 127 Å². The maximum Gasteiger partial charge on any atom is 0.306 e. The summed E-state index contributed by atoms with van der Waals surface area (Å²) in [4.78, 5) is 12.6. The summed E-state index contributed by atoms with van der Waals surface area (Å²) >= 11 is 0. The van der Waals surface area contributed by atoms with E-state index < -0.39 is 0 Å². The lowest BCUT2D eigenvalue weighted by Crippen LogP contribution is -2.33. The fourth-order valence-corrected chi connectivity index (χ4v) is 6.79. The van der Waals surface area contributed by atoms with Crippen LogP contribution in [0.3, 0.4) is 0 Å². The van der Waals surface area contributed by atoms with Crippen molar-refractivity contribution in [2.24, 2.45) is 11.8 Å². The molecule has 1 aromatic carbocycles. The summed E-state index contributed by atoms with van der Waals surface area (Å²) in [5.74, 6) is 0.497. The molecular weight excluding hydrogens is 492 g/mol. The Hall–Kier alpha value is -1.73. The Labute approximate surface area is 234 Å². The summed E-state index contributed by atoms with van der Waals surface area (Å²) in [7, 11) is 0. The minimum atomic E-state index is -0.145. The molecule has 7 atom stereocenters. The van der Waals surface area contributed by atoms with E-state index in [-0.39, 0.29) is 42.8 Å². The molecule has 216 valence electrons. The number of hydrogen-bond acceptors (Lipinski definition) is 6. The van der Waals surface area contributed by atoms with Crippen LogP contribution >= 0.6 is 0 Å². The number of aryl methyl sites for hydroxylation is 1. The fraction of sp³-hybridized carbons (Fsp3) is 0.727. The molecule has 0 bridgehead atoms. The molecule has 1 saturated carbocycles. The second kappa shape index (κ2) is 15.3. The highest BCUT2D eigenvalue weighted by molar-refractivity contribution is 5.69. The number of ether oxygens (including phenoxy) is 5. The molecule has 0 radical (unpaired) electrons. The number of benzene rings is 1. The number of carbonyl (C=O) groups excluding carboxylic acids is 1. The Bertz CT molecular complexity index is 875. The average molecular weight is 541 g/mol. The summed E-state index contributed by atoms with van der Waals surface area (Å²) in [6.07, 6.45) is 18.7. The van der Waals surface area contributed by atoms with Crippen LogP contribution in [0.5, 0.6) is 0 Å². The van der Waals surface area contributed by atoms with Crippen LogP contribution in [-0.2, 0) is 34.9 Å². The van der Waals surface area contributed by atoms with Crippen molar-refractivity contribution in [3.63, 3.8) is 0 Å². The molecule has 2 saturated heterocycles. The minimum Gasteiger partial charge on any atom is -0.462 e. The number of esters is 1. The van der Waals surface area contributed by atoms with E-state index in [1.807, 2.05) is 0 Å². The molecule has 1 aliphatic carbocycles. The van der Waals surface area contributed by atoms with Gasteiger partial charge in [-0.05, 0) is 95.0 Å². The van der Waals surface area contributed by atoms with E-state index >= 15 is 0 Å². The van der Waals surface area contributed by atoms with Gasteiger partial charge in [-0.2, -0.15) is 0 Å². The van der Waals surface area contributed by atoms with E-state index in [1.54, 1.807) is 0 Å². The Balaban J connectivity index is 1.28. The number of allylic oxidation sites excluding steroid dienone is 2. The van der Waals surface area contributed by atoms with Crippen molar-refractivity contribution < 1.29 is 28.5 Å². The molecule has 5 rings (SSSR count). The van der Waals surface area contributed by atoms with E-state index in [4.69, 9.17) is 23.7 Å². The Kier molecular flexibility index (Phi) is 11.3. The van der Waals surface area contributed by atoms with Gasteiger partial charge in [-0.25, -0.2) is 0 Å². The van der Waals surface area contributed by atoms with E-state index in [1.165, 1.54) is 5.56 Å². The summed E-state index contributed by atoms with van der Waals surface area (Å²) in [6, 6.07) is 10.7. The van der Waals surface area contributed by atoms with Gasteiger partial charge in [0.2, 0.25) is 0 Å². The van der Waals surface area contributed by atoms with E-state index in [0.717, 1.165) is 103 Å². The molecule has 0 N–H and O–H groups in total. The van der Waals surface area contributed by atoms with Crippen molar-refractivity contribution in [3.8, 4) is 0 Å². The molecule has 2 unspecified atom stereocenters. The van der Waals surface area contributed by atoms with Crippen molar-refractivity contribution in [2.75, 3.05) is 13.2 Å². The molecule has 0 aromatic heterocycles. The quantitative estimate of drug-likeness (QED) is 0.238. The maximum atomic E-state index is 12.6. The third kappa shape index (κ3) is 8.88. The van der Waals surface area contributed by atoms with Crippen molar-refractivity contribution >= 4 is 5.97 Å². The standard InChI is InChI=1S/C33H48O6/c34-31-15-7-2-1-6-14-27-28(30(24-29(27)38-31)39-33-17-9-11-23-36-33)21-20-26(37-32-16-8-10-22-35-32)19-18-25-12-4-3-5-13-25/h1,3-6,12-13,26-30,32-33H,2,7-11,14-24H2/t26-,27+,28+,29-,30+,32?,33?/m0/s1. The van der Waals surface area contributed by atoms with Crippen LogP contribution in [0.4, 0.5) is 0 Å². The lowest BCUT2D eigenvalue weighted by molar-refractivity contribution is -0.200. The summed E-state index contributed by atoms with van der Waals surface area (Å²) < 4.78 is 31.3. The Morgan fingerprint density at radius 2 is 1.69 bits per heavy atom. The molecule has 0 spiro atoms. The molecular formula is C33H48O6. The topological polar surface area (TPSA) is 63.2 Å². The summed E-state index contributed by atoms with van der Waals surface area (Å²) in [6.45, 7) is 1.56. The van der Waals surface area contributed by atoms with Gasteiger partial charge in [-0.15, -0.1) is 0 Å². The third-order valence-corrected chi connectivity index (χ3v) is 8.95. The average Bonchev–Trinajstić information content (AvgIpc) is 3.28. The van der Waals surface area contributed by atoms with E-state index in [9.17, 15) is 4.79 Å². The highest BCUT2D eigenvalue weighted by atomic mass is 16.7. The number of hydrogen-bond donors (Lipinski definition) is 0. The molecule has 0 amide bonds. The fourth-order valence-electron chi connectivity index (χ4n) is 6.79. The van der Waals surface area contributed by atoms with Crippen LogP contribution in [0, 0.1) is 11.8 Å². The van der Waals surface area contributed by atoms with Crippen LogP contribution in [-0.4, -0.2) is 50.1 Å². The van der Waals surface area contributed by atoms with E-state index in [0.29, 0.717) is 12.3 Å². The Morgan fingerprint density at radius 1 is 0.897 bits per heavy atom. The van der Waals surface area contributed by atoms with Gasteiger partial charge < -0.3 is 23.7 Å². The monoisotopic (exact) mass is 540 g/mol. The zero-order chi connectivity index (χ0) is 26.7. The first-order valence-corrected chi connectivity index (χ1v) is 15.7. The molecule has 3 fully saturated rings. The van der Waals surface area contributed by atoms with Gasteiger partial charge in [-0.1, -0.05) is 42.5 Å². The zero-order valence-corrected chi connectivity index (χ0v) is 23.6. The van der Waals surface area contributed by atoms with Crippen LogP contribution < -0.4 is 0 Å². The van der Waals surface area contributed by atoms with Crippen LogP contribution in [0.25, 0.3) is 0 Å². The van der Waals surface area contributed by atoms with Gasteiger partial charge in [0.05, 0.1) is 12.2 Å². The molecule has 6 heteroatoms. The lowest BCUT2D eigenvalue weighted by atomic mass is 9.85. The van der Waals surface area contributed by atoms with Crippen molar-refractivity contribution in [3.05, 3.63) is 48.0 Å². The van der Waals surface area contributed by atoms with Crippen LogP contribution in [0.2, 0.25) is 0 Å². The van der Waals surface area contributed by atoms with Crippen LogP contribution in [0.1, 0.15) is 95.5 Å². The highest BCUT2D eigenvalue weighted by Crippen LogP contribution is 2.43. The van der Waals surface area contributed by atoms with Crippen molar-refractivity contribution in [1.82, 2.24) is 0 Å². The number of fused-ring (bicyclic) bond motifs is 1. The second-order valence-corrected chi connectivity index (χ2v) is 11.8. The second-order valence-electron chi connectivity index (χ2n) is 11.8. The third-order valence-electron chi connectivity index (χ3n) is 8.95. The normalized spacial score (nSPS) is 32.8.